The molecule has 0 N–H and O–H groups in total. The first-order valence-corrected chi connectivity index (χ1v) is 9.18. The fourth-order valence-corrected chi connectivity index (χ4v) is 4.59. The van der Waals surface area contributed by atoms with Gasteiger partial charge in [0, 0.05) is 25.5 Å². The summed E-state index contributed by atoms with van der Waals surface area (Å²) in [7, 11) is -4.09. The van der Waals surface area contributed by atoms with Crippen LogP contribution in [0, 0.1) is 24.5 Å². The molecule has 8 heteroatoms. The lowest BCUT2D eigenvalue weighted by Crippen LogP contribution is -2.43. The quantitative estimate of drug-likeness (QED) is 0.851. The number of piperidine rings is 1. The fraction of sp³-hybridized carbons (Fsp3) is 0.438. The van der Waals surface area contributed by atoms with Crippen molar-refractivity contribution >= 4 is 10.0 Å². The van der Waals surface area contributed by atoms with Crippen molar-refractivity contribution < 1.29 is 17.2 Å². The first-order valence-electron chi connectivity index (χ1n) is 7.74. The minimum Gasteiger partial charge on any atom is -0.333 e. The first-order chi connectivity index (χ1) is 11.3. The molecule has 0 saturated carbocycles. The third-order valence-corrected chi connectivity index (χ3v) is 6.50. The van der Waals surface area contributed by atoms with Crippen molar-refractivity contribution in [3.8, 4) is 0 Å². The zero-order valence-electron chi connectivity index (χ0n) is 13.5. The van der Waals surface area contributed by atoms with Crippen LogP contribution in [0.1, 0.15) is 24.9 Å². The average molecular weight is 355 g/mol. The van der Waals surface area contributed by atoms with E-state index >= 15 is 0 Å². The van der Waals surface area contributed by atoms with Crippen molar-refractivity contribution in [2.24, 2.45) is 5.92 Å². The molecule has 2 aromatic rings. The highest BCUT2D eigenvalue weighted by atomic mass is 32.2. The molecule has 2 heterocycles. The molecule has 0 amide bonds. The molecule has 1 fully saturated rings. The standard InChI is InChI=1S/C16H19F2N3O2S/c1-11-3-5-21(9-15(11)20-6-4-19-10-20)24(22,23)16-8-13(17)12(2)7-14(16)18/h4,6-8,10-11,15H,3,5,9H2,1-2H3. The molecular weight excluding hydrogens is 336 g/mol. The van der Waals surface area contributed by atoms with Gasteiger partial charge in [-0.2, -0.15) is 4.31 Å². The van der Waals surface area contributed by atoms with Crippen LogP contribution in [0.4, 0.5) is 8.78 Å². The molecule has 2 atom stereocenters. The second-order valence-corrected chi connectivity index (χ2v) is 8.14. The van der Waals surface area contributed by atoms with Gasteiger partial charge in [-0.15, -0.1) is 0 Å². The molecule has 0 aliphatic carbocycles. The molecule has 0 radical (unpaired) electrons. The molecule has 24 heavy (non-hydrogen) atoms. The van der Waals surface area contributed by atoms with Gasteiger partial charge in [-0.3, -0.25) is 0 Å². The third kappa shape index (κ3) is 2.95. The number of nitrogens with zero attached hydrogens (tertiary/aromatic N) is 3. The highest BCUT2D eigenvalue weighted by Crippen LogP contribution is 2.32. The van der Waals surface area contributed by atoms with Gasteiger partial charge in [0.05, 0.1) is 12.4 Å². The monoisotopic (exact) mass is 355 g/mol. The van der Waals surface area contributed by atoms with Crippen molar-refractivity contribution in [2.75, 3.05) is 13.1 Å². The Labute approximate surface area is 140 Å². The smallest absolute Gasteiger partial charge is 0.246 e. The lowest BCUT2D eigenvalue weighted by atomic mass is 9.95. The van der Waals surface area contributed by atoms with E-state index in [0.717, 1.165) is 12.1 Å². The predicted octanol–water partition coefficient (Wildman–Crippen LogP) is 2.74. The van der Waals surface area contributed by atoms with E-state index in [1.165, 1.54) is 11.2 Å². The number of halogens is 2. The summed E-state index contributed by atoms with van der Waals surface area (Å²) in [5.74, 6) is -1.40. The van der Waals surface area contributed by atoms with Crippen molar-refractivity contribution in [1.29, 1.82) is 0 Å². The molecule has 3 rings (SSSR count). The molecule has 130 valence electrons. The Morgan fingerprint density at radius 2 is 2.00 bits per heavy atom. The molecule has 5 nitrogen and oxygen atoms in total. The number of rotatable bonds is 3. The Morgan fingerprint density at radius 1 is 1.25 bits per heavy atom. The molecule has 1 aliphatic heterocycles. The molecule has 0 bridgehead atoms. The van der Waals surface area contributed by atoms with Gasteiger partial charge in [-0.1, -0.05) is 6.92 Å². The molecule has 1 aliphatic rings. The van der Waals surface area contributed by atoms with Crippen LogP contribution >= 0.6 is 0 Å². The van der Waals surface area contributed by atoms with E-state index in [-0.39, 0.29) is 30.6 Å². The van der Waals surface area contributed by atoms with E-state index in [0.29, 0.717) is 6.42 Å². The number of aryl methyl sites for hydroxylation is 1. The van der Waals surface area contributed by atoms with E-state index in [4.69, 9.17) is 0 Å². The predicted molar refractivity (Wildman–Crippen MR) is 84.9 cm³/mol. The number of hydrogen-bond donors (Lipinski definition) is 0. The van der Waals surface area contributed by atoms with Gasteiger partial charge in [0.2, 0.25) is 10.0 Å². The molecular formula is C16H19F2N3O2S. The molecule has 1 saturated heterocycles. The summed E-state index contributed by atoms with van der Waals surface area (Å²) in [6.45, 7) is 3.92. The number of aromatic nitrogens is 2. The normalized spacial score (nSPS) is 22.7. The fourth-order valence-electron chi connectivity index (χ4n) is 3.06. The second kappa shape index (κ2) is 6.25. The summed E-state index contributed by atoms with van der Waals surface area (Å²) >= 11 is 0. The maximum atomic E-state index is 14.1. The van der Waals surface area contributed by atoms with Crippen LogP contribution in [0.15, 0.2) is 35.7 Å². The first kappa shape index (κ1) is 17.0. The minimum absolute atomic E-state index is 0.0787. The summed E-state index contributed by atoms with van der Waals surface area (Å²) in [6, 6.07) is 1.60. The average Bonchev–Trinajstić information content (AvgIpc) is 3.05. The minimum atomic E-state index is -4.09. The van der Waals surface area contributed by atoms with Crippen molar-refractivity contribution in [2.45, 2.75) is 31.2 Å². The Kier molecular flexibility index (Phi) is 4.44. The largest absolute Gasteiger partial charge is 0.333 e. The summed E-state index contributed by atoms with van der Waals surface area (Å²) in [5.41, 5.74) is 0.0787. The Morgan fingerprint density at radius 3 is 2.67 bits per heavy atom. The zero-order valence-corrected chi connectivity index (χ0v) is 14.3. The summed E-state index contributed by atoms with van der Waals surface area (Å²) in [4.78, 5) is 3.39. The van der Waals surface area contributed by atoms with Crippen LogP contribution in [-0.4, -0.2) is 35.4 Å². The van der Waals surface area contributed by atoms with Gasteiger partial charge >= 0.3 is 0 Å². The second-order valence-electron chi connectivity index (χ2n) is 6.24. The third-order valence-electron chi connectivity index (χ3n) is 4.62. The zero-order chi connectivity index (χ0) is 17.5. The van der Waals surface area contributed by atoms with Crippen LogP contribution in [-0.2, 0) is 10.0 Å². The Balaban J connectivity index is 1.94. The van der Waals surface area contributed by atoms with Crippen molar-refractivity contribution in [3.63, 3.8) is 0 Å². The van der Waals surface area contributed by atoms with Gasteiger partial charge < -0.3 is 4.57 Å². The lowest BCUT2D eigenvalue weighted by Gasteiger charge is -2.36. The molecule has 2 unspecified atom stereocenters. The van der Waals surface area contributed by atoms with Gasteiger partial charge in [0.1, 0.15) is 16.5 Å². The lowest BCUT2D eigenvalue weighted by molar-refractivity contribution is 0.200. The van der Waals surface area contributed by atoms with Crippen LogP contribution < -0.4 is 0 Å². The van der Waals surface area contributed by atoms with Crippen LogP contribution in [0.2, 0.25) is 0 Å². The van der Waals surface area contributed by atoms with E-state index in [9.17, 15) is 17.2 Å². The van der Waals surface area contributed by atoms with E-state index in [1.807, 2.05) is 11.5 Å². The summed E-state index contributed by atoms with van der Waals surface area (Å²) in [6.07, 6.45) is 5.69. The van der Waals surface area contributed by atoms with E-state index < -0.39 is 26.6 Å². The van der Waals surface area contributed by atoms with Gasteiger partial charge in [-0.25, -0.2) is 22.2 Å². The summed E-state index contributed by atoms with van der Waals surface area (Å²) in [5, 5.41) is 0. The van der Waals surface area contributed by atoms with E-state index in [2.05, 4.69) is 4.98 Å². The van der Waals surface area contributed by atoms with Crippen molar-refractivity contribution in [3.05, 3.63) is 48.1 Å². The van der Waals surface area contributed by atoms with Crippen LogP contribution in [0.25, 0.3) is 0 Å². The topological polar surface area (TPSA) is 55.2 Å². The van der Waals surface area contributed by atoms with E-state index in [1.54, 1.807) is 18.7 Å². The number of hydrogen-bond acceptors (Lipinski definition) is 3. The van der Waals surface area contributed by atoms with Gasteiger partial charge in [-0.05, 0) is 37.0 Å². The Hall–Kier alpha value is -1.80. The number of imidazole rings is 1. The molecule has 1 aromatic heterocycles. The highest BCUT2D eigenvalue weighted by Gasteiger charge is 2.36. The van der Waals surface area contributed by atoms with Crippen molar-refractivity contribution in [1.82, 2.24) is 13.9 Å². The number of sulfonamides is 1. The Bertz CT molecular complexity index is 837. The maximum absolute atomic E-state index is 14.1. The van der Waals surface area contributed by atoms with Crippen LogP contribution in [0.5, 0.6) is 0 Å². The highest BCUT2D eigenvalue weighted by molar-refractivity contribution is 7.89. The number of benzene rings is 1. The van der Waals surface area contributed by atoms with Gasteiger partial charge in [0.25, 0.3) is 0 Å². The van der Waals surface area contributed by atoms with Crippen LogP contribution in [0.3, 0.4) is 0 Å². The maximum Gasteiger partial charge on any atom is 0.246 e. The SMILES string of the molecule is Cc1cc(F)c(S(=O)(=O)N2CCC(C)C(n3ccnc3)C2)cc1F. The molecule has 1 aromatic carbocycles. The summed E-state index contributed by atoms with van der Waals surface area (Å²) < 4.78 is 56.6. The van der Waals surface area contributed by atoms with Gasteiger partial charge in [0.15, 0.2) is 0 Å². The molecule has 0 spiro atoms.